The minimum atomic E-state index is -0.255. The van der Waals surface area contributed by atoms with Crippen LogP contribution in [-0.4, -0.2) is 30.5 Å². The van der Waals surface area contributed by atoms with Gasteiger partial charge in [0.15, 0.2) is 0 Å². The third-order valence-corrected chi connectivity index (χ3v) is 5.93. The van der Waals surface area contributed by atoms with E-state index in [1.165, 1.54) is 50.5 Å². The summed E-state index contributed by atoms with van der Waals surface area (Å²) in [6.07, 6.45) is 10.8. The lowest BCUT2D eigenvalue weighted by Crippen LogP contribution is -2.41. The number of ether oxygens (including phenoxy) is 1. The average Bonchev–Trinajstić information content (AvgIpc) is 2.83. The number of hydrogen-bond donors (Lipinski definition) is 0. The average molecular weight is 362 g/mol. The van der Waals surface area contributed by atoms with Crippen molar-refractivity contribution < 1.29 is 9.53 Å². The van der Waals surface area contributed by atoms with Crippen LogP contribution in [0.1, 0.15) is 78.7 Å². The number of methoxy groups -OCH3 is 1. The Labute approximate surface area is 161 Å². The van der Waals surface area contributed by atoms with Gasteiger partial charge in [0.1, 0.15) is 5.75 Å². The molecule has 0 aromatic heterocycles. The molecule has 1 aliphatic carbocycles. The minimum absolute atomic E-state index is 0. The molecule has 1 aliphatic heterocycles. The molecule has 3 heteroatoms. The van der Waals surface area contributed by atoms with Crippen molar-refractivity contribution in [3.8, 4) is 5.75 Å². The van der Waals surface area contributed by atoms with E-state index in [-0.39, 0.29) is 20.3 Å². The predicted octanol–water partition coefficient (Wildman–Crippen LogP) is 5.86. The fraction of sp³-hybridized carbons (Fsp3) is 0.696. The van der Waals surface area contributed by atoms with Gasteiger partial charge in [-0.2, -0.15) is 0 Å². The van der Waals surface area contributed by atoms with Crippen LogP contribution >= 0.6 is 0 Å². The molecule has 2 fully saturated rings. The summed E-state index contributed by atoms with van der Waals surface area (Å²) in [5.41, 5.74) is 0.944. The number of nitrogens with zero attached hydrogens (tertiary/aromatic N) is 1. The van der Waals surface area contributed by atoms with Crippen molar-refractivity contribution in [3.63, 3.8) is 0 Å². The number of likely N-dealkylation sites (tertiary alicyclic amines) is 1. The van der Waals surface area contributed by atoms with E-state index in [1.54, 1.807) is 7.11 Å². The van der Waals surface area contributed by atoms with Crippen LogP contribution in [0.2, 0.25) is 0 Å². The molecule has 0 N–H and O–H groups in total. The van der Waals surface area contributed by atoms with Gasteiger partial charge in [-0.15, -0.1) is 0 Å². The second-order valence-corrected chi connectivity index (χ2v) is 7.84. The summed E-state index contributed by atoms with van der Waals surface area (Å²) in [5.74, 6) is 1.24. The Kier molecular flexibility index (Phi) is 8.66. The molecule has 148 valence electrons. The van der Waals surface area contributed by atoms with Crippen LogP contribution in [0.4, 0.5) is 0 Å². The van der Waals surface area contributed by atoms with E-state index < -0.39 is 0 Å². The first-order valence-corrected chi connectivity index (χ1v) is 9.56. The van der Waals surface area contributed by atoms with Crippen molar-refractivity contribution in [3.05, 3.63) is 29.8 Å². The molecular weight excluding hydrogens is 322 g/mol. The summed E-state index contributed by atoms with van der Waals surface area (Å²) >= 11 is 0. The van der Waals surface area contributed by atoms with Crippen LogP contribution in [-0.2, 0) is 11.2 Å². The molecule has 0 radical (unpaired) electrons. The van der Waals surface area contributed by atoms with Crippen LogP contribution in [0.15, 0.2) is 24.3 Å². The van der Waals surface area contributed by atoms with E-state index in [0.717, 1.165) is 25.1 Å². The molecule has 1 aromatic rings. The first-order valence-electron chi connectivity index (χ1n) is 9.56. The quantitative estimate of drug-likeness (QED) is 0.672. The Hall–Kier alpha value is -1.51. The highest BCUT2D eigenvalue weighted by Crippen LogP contribution is 2.38. The lowest BCUT2D eigenvalue weighted by Gasteiger charge is -2.31. The molecule has 26 heavy (non-hydrogen) atoms. The molecule has 2 aliphatic rings. The van der Waals surface area contributed by atoms with E-state index in [9.17, 15) is 4.79 Å². The van der Waals surface area contributed by atoms with Gasteiger partial charge in [-0.1, -0.05) is 66.0 Å². The third-order valence-electron chi connectivity index (χ3n) is 5.93. The molecule has 0 bridgehead atoms. The predicted molar refractivity (Wildman–Crippen MR) is 111 cm³/mol. The summed E-state index contributed by atoms with van der Waals surface area (Å²) in [4.78, 5) is 15.4. The fourth-order valence-electron chi connectivity index (χ4n) is 4.41. The van der Waals surface area contributed by atoms with Gasteiger partial charge in [-0.25, -0.2) is 0 Å². The lowest BCUT2D eigenvalue weighted by molar-refractivity contribution is -0.137. The standard InChI is InChI=1S/C21H31NO2.2CH4/c1-21(16-17-9-8-12-19(15-17)24-2)13-14-22(20(21)23)18-10-6-4-3-5-7-11-18;;/h8-9,12,15,18H,3-7,10-11,13-14,16H2,1-2H3;2*1H4. The van der Waals surface area contributed by atoms with Crippen molar-refractivity contribution in [2.75, 3.05) is 13.7 Å². The van der Waals surface area contributed by atoms with Gasteiger partial charge in [-0.3, -0.25) is 4.79 Å². The zero-order valence-electron chi connectivity index (χ0n) is 15.2. The molecule has 1 amide bonds. The number of amides is 1. The molecule has 1 unspecified atom stereocenters. The normalized spacial score (nSPS) is 24.2. The Morgan fingerprint density at radius 1 is 1.12 bits per heavy atom. The van der Waals surface area contributed by atoms with Crippen molar-refractivity contribution in [1.29, 1.82) is 0 Å². The molecule has 1 saturated heterocycles. The van der Waals surface area contributed by atoms with Gasteiger partial charge < -0.3 is 9.64 Å². The smallest absolute Gasteiger partial charge is 0.229 e. The Balaban J connectivity index is 0.00000169. The van der Waals surface area contributed by atoms with Gasteiger partial charge in [0, 0.05) is 12.6 Å². The second kappa shape index (κ2) is 9.99. The fourth-order valence-corrected chi connectivity index (χ4v) is 4.41. The summed E-state index contributed by atoms with van der Waals surface area (Å²) in [5, 5.41) is 0. The van der Waals surface area contributed by atoms with Gasteiger partial charge in [0.25, 0.3) is 0 Å². The maximum atomic E-state index is 13.2. The van der Waals surface area contributed by atoms with Crippen LogP contribution in [0.25, 0.3) is 0 Å². The van der Waals surface area contributed by atoms with Crippen LogP contribution in [0, 0.1) is 5.41 Å². The Morgan fingerprint density at radius 2 is 1.77 bits per heavy atom. The maximum Gasteiger partial charge on any atom is 0.229 e. The molecule has 1 heterocycles. The van der Waals surface area contributed by atoms with E-state index in [0.29, 0.717) is 11.9 Å². The van der Waals surface area contributed by atoms with E-state index in [4.69, 9.17) is 4.74 Å². The number of carbonyl (C=O) groups is 1. The Morgan fingerprint density at radius 3 is 2.42 bits per heavy atom. The lowest BCUT2D eigenvalue weighted by atomic mass is 9.82. The first-order chi connectivity index (χ1) is 11.6. The van der Waals surface area contributed by atoms with Gasteiger partial charge in [0.2, 0.25) is 5.91 Å². The monoisotopic (exact) mass is 361 g/mol. The van der Waals surface area contributed by atoms with Crippen LogP contribution in [0.5, 0.6) is 5.75 Å². The first kappa shape index (κ1) is 22.5. The summed E-state index contributed by atoms with van der Waals surface area (Å²) in [6.45, 7) is 3.09. The van der Waals surface area contributed by atoms with Crippen molar-refractivity contribution in [1.82, 2.24) is 4.90 Å². The van der Waals surface area contributed by atoms with Crippen molar-refractivity contribution >= 4 is 5.91 Å². The highest BCUT2D eigenvalue weighted by atomic mass is 16.5. The summed E-state index contributed by atoms with van der Waals surface area (Å²) < 4.78 is 5.33. The summed E-state index contributed by atoms with van der Waals surface area (Å²) in [6, 6.07) is 8.63. The maximum absolute atomic E-state index is 13.2. The van der Waals surface area contributed by atoms with Gasteiger partial charge in [0.05, 0.1) is 12.5 Å². The summed E-state index contributed by atoms with van der Waals surface area (Å²) in [7, 11) is 1.69. The van der Waals surface area contributed by atoms with Crippen molar-refractivity contribution in [2.45, 2.75) is 85.6 Å². The van der Waals surface area contributed by atoms with Gasteiger partial charge in [-0.05, 0) is 43.4 Å². The van der Waals surface area contributed by atoms with Crippen molar-refractivity contribution in [2.24, 2.45) is 5.41 Å². The van der Waals surface area contributed by atoms with E-state index >= 15 is 0 Å². The molecular formula is C23H39NO2. The van der Waals surface area contributed by atoms with Crippen LogP contribution < -0.4 is 4.74 Å². The molecule has 1 saturated carbocycles. The SMILES string of the molecule is C.C.COc1cccc(CC2(C)CCN(C3CCCCCCC3)C2=O)c1. The van der Waals surface area contributed by atoms with E-state index in [2.05, 4.69) is 24.0 Å². The third kappa shape index (κ3) is 5.02. The minimum Gasteiger partial charge on any atom is -0.497 e. The number of carbonyl (C=O) groups excluding carboxylic acids is 1. The topological polar surface area (TPSA) is 29.5 Å². The molecule has 0 spiro atoms. The zero-order valence-corrected chi connectivity index (χ0v) is 15.2. The Bertz CT molecular complexity index is 563. The second-order valence-electron chi connectivity index (χ2n) is 7.84. The number of hydrogen-bond acceptors (Lipinski definition) is 2. The molecule has 1 atom stereocenters. The molecule has 3 nitrogen and oxygen atoms in total. The zero-order chi connectivity index (χ0) is 17.0. The highest BCUT2D eigenvalue weighted by molar-refractivity contribution is 5.85. The number of rotatable bonds is 4. The van der Waals surface area contributed by atoms with Crippen LogP contribution in [0.3, 0.4) is 0 Å². The van der Waals surface area contributed by atoms with Gasteiger partial charge >= 0.3 is 0 Å². The molecule has 1 aromatic carbocycles. The molecule has 3 rings (SSSR count). The number of benzene rings is 1. The largest absolute Gasteiger partial charge is 0.497 e. The highest BCUT2D eigenvalue weighted by Gasteiger charge is 2.44. The van der Waals surface area contributed by atoms with E-state index in [1.807, 2.05) is 12.1 Å².